The number of primary amides is 1. The van der Waals surface area contributed by atoms with Crippen molar-refractivity contribution in [2.75, 3.05) is 74.5 Å². The third-order valence-electron chi connectivity index (χ3n) is 7.02. The third kappa shape index (κ3) is 4.95. The van der Waals surface area contributed by atoms with Crippen LogP contribution in [0.15, 0.2) is 30.5 Å². The van der Waals surface area contributed by atoms with Crippen molar-refractivity contribution in [2.45, 2.75) is 18.9 Å². The van der Waals surface area contributed by atoms with Crippen molar-refractivity contribution in [3.8, 4) is 0 Å². The molecule has 0 bridgehead atoms. The number of hydrogen-bond acceptors (Lipinski definition) is 8. The predicted molar refractivity (Wildman–Crippen MR) is 135 cm³/mol. The highest BCUT2D eigenvalue weighted by Gasteiger charge is 2.34. The lowest BCUT2D eigenvalue weighted by molar-refractivity contribution is 0.0996. The van der Waals surface area contributed by atoms with E-state index < -0.39 is 5.91 Å². The number of anilines is 4. The number of nitrogens with zero attached hydrogens (tertiary/aromatic N) is 6. The van der Waals surface area contributed by atoms with Crippen LogP contribution in [0.4, 0.5) is 27.8 Å². The highest BCUT2D eigenvalue weighted by Crippen LogP contribution is 2.27. The van der Waals surface area contributed by atoms with Gasteiger partial charge < -0.3 is 36.0 Å². The van der Waals surface area contributed by atoms with Crippen molar-refractivity contribution in [3.63, 3.8) is 0 Å². The highest BCUT2D eigenvalue weighted by molar-refractivity contribution is 5.96. The topological polar surface area (TPSA) is 123 Å². The van der Waals surface area contributed by atoms with Gasteiger partial charge in [-0.15, -0.1) is 0 Å². The summed E-state index contributed by atoms with van der Waals surface area (Å²) in [5.74, 6) is 0.370. The quantitative estimate of drug-likeness (QED) is 0.562. The van der Waals surface area contributed by atoms with E-state index in [2.05, 4.69) is 37.6 Å². The molecule has 4 N–H and O–H groups in total. The summed E-state index contributed by atoms with van der Waals surface area (Å²) in [6.07, 6.45) is 3.51. The average Bonchev–Trinajstić information content (AvgIpc) is 3.23. The molecule has 0 aliphatic carbocycles. The van der Waals surface area contributed by atoms with Gasteiger partial charge in [0.2, 0.25) is 0 Å². The molecule has 0 unspecified atom stereocenters. The Bertz CT molecular complexity index is 1070. The van der Waals surface area contributed by atoms with Gasteiger partial charge in [0.05, 0.1) is 12.2 Å². The number of carbonyl (C=O) groups is 2. The molecule has 11 nitrogen and oxygen atoms in total. The first-order valence-corrected chi connectivity index (χ1v) is 12.3. The third-order valence-corrected chi connectivity index (χ3v) is 7.02. The first-order chi connectivity index (χ1) is 17.0. The molecular formula is C24H33N9O2. The molecule has 1 atom stereocenters. The van der Waals surface area contributed by atoms with E-state index in [1.165, 1.54) is 0 Å². The zero-order valence-corrected chi connectivity index (χ0v) is 20.1. The maximum atomic E-state index is 12.5. The fourth-order valence-corrected chi connectivity index (χ4v) is 5.04. The number of aromatic nitrogens is 2. The second kappa shape index (κ2) is 9.95. The number of urea groups is 1. The molecule has 3 amide bonds. The van der Waals surface area contributed by atoms with Gasteiger partial charge in [-0.2, -0.15) is 0 Å². The van der Waals surface area contributed by atoms with Crippen LogP contribution >= 0.6 is 0 Å². The number of rotatable bonds is 6. The molecule has 4 heterocycles. The zero-order valence-electron chi connectivity index (χ0n) is 20.1. The smallest absolute Gasteiger partial charge is 0.320 e. The van der Waals surface area contributed by atoms with Crippen molar-refractivity contribution < 1.29 is 9.59 Å². The van der Waals surface area contributed by atoms with E-state index in [0.717, 1.165) is 70.0 Å². The highest BCUT2D eigenvalue weighted by atomic mass is 16.2. The van der Waals surface area contributed by atoms with Crippen molar-refractivity contribution in [2.24, 2.45) is 5.73 Å². The van der Waals surface area contributed by atoms with Crippen LogP contribution in [0.5, 0.6) is 0 Å². The van der Waals surface area contributed by atoms with Gasteiger partial charge in [-0.1, -0.05) is 0 Å². The molecule has 2 aromatic rings. The van der Waals surface area contributed by atoms with E-state index in [-0.39, 0.29) is 17.8 Å². The summed E-state index contributed by atoms with van der Waals surface area (Å²) in [6.45, 7) is 6.90. The lowest BCUT2D eigenvalue weighted by Crippen LogP contribution is -2.49. The number of piperidine rings is 1. The van der Waals surface area contributed by atoms with E-state index in [4.69, 9.17) is 10.7 Å². The fourth-order valence-electron chi connectivity index (χ4n) is 5.04. The summed E-state index contributed by atoms with van der Waals surface area (Å²) in [5, 5.41) is 6.60. The van der Waals surface area contributed by atoms with Crippen molar-refractivity contribution in [1.29, 1.82) is 0 Å². The lowest BCUT2D eigenvalue weighted by atomic mass is 10.0. The van der Waals surface area contributed by atoms with E-state index in [9.17, 15) is 9.59 Å². The monoisotopic (exact) mass is 479 g/mol. The molecule has 186 valence electrons. The molecule has 0 saturated carbocycles. The van der Waals surface area contributed by atoms with Crippen LogP contribution in [-0.4, -0.2) is 97.2 Å². The Balaban J connectivity index is 1.33. The number of hydrogen-bond donors (Lipinski definition) is 3. The summed E-state index contributed by atoms with van der Waals surface area (Å²) in [5.41, 5.74) is 7.66. The van der Waals surface area contributed by atoms with Gasteiger partial charge in [-0.3, -0.25) is 4.79 Å². The Morgan fingerprint density at radius 1 is 1.09 bits per heavy atom. The van der Waals surface area contributed by atoms with Gasteiger partial charge in [-0.05, 0) is 37.1 Å². The molecule has 1 aromatic heterocycles. The number of amides is 3. The second-order valence-electron chi connectivity index (χ2n) is 9.34. The number of carbonyl (C=O) groups excluding carboxylic acids is 2. The van der Waals surface area contributed by atoms with Crippen LogP contribution in [-0.2, 0) is 0 Å². The van der Waals surface area contributed by atoms with Crippen LogP contribution in [0.1, 0.15) is 23.3 Å². The minimum Gasteiger partial charge on any atom is -0.369 e. The van der Waals surface area contributed by atoms with Gasteiger partial charge in [0.25, 0.3) is 5.91 Å². The summed E-state index contributed by atoms with van der Waals surface area (Å²) in [4.78, 5) is 41.8. The SMILES string of the molecule is CN1CCN([C@@H]2CCCN(c3cnc(C(N)=O)c(Nc4ccc(N5CCNCC5)cc4)n3)C2)C1=O. The number of likely N-dealkylation sites (N-methyl/N-ethyl adjacent to an activating group) is 1. The zero-order chi connectivity index (χ0) is 24.4. The van der Waals surface area contributed by atoms with Crippen molar-refractivity contribution >= 4 is 34.9 Å². The van der Waals surface area contributed by atoms with Gasteiger partial charge in [0.1, 0.15) is 5.82 Å². The van der Waals surface area contributed by atoms with Crippen molar-refractivity contribution in [1.82, 2.24) is 25.1 Å². The fraction of sp³-hybridized carbons (Fsp3) is 0.500. The molecule has 1 aromatic carbocycles. The van der Waals surface area contributed by atoms with Gasteiger partial charge >= 0.3 is 6.03 Å². The molecular weight excluding hydrogens is 446 g/mol. The van der Waals surface area contributed by atoms with Crippen LogP contribution in [0.3, 0.4) is 0 Å². The number of nitrogens with one attached hydrogen (secondary N) is 2. The molecule has 5 rings (SSSR count). The number of nitrogens with two attached hydrogens (primary N) is 1. The maximum absolute atomic E-state index is 12.5. The maximum Gasteiger partial charge on any atom is 0.320 e. The van der Waals surface area contributed by atoms with Crippen LogP contribution in [0.2, 0.25) is 0 Å². The van der Waals surface area contributed by atoms with Crippen LogP contribution < -0.4 is 26.2 Å². The molecule has 3 aliphatic heterocycles. The van der Waals surface area contributed by atoms with Crippen molar-refractivity contribution in [3.05, 3.63) is 36.2 Å². The minimum absolute atomic E-state index is 0.0821. The first kappa shape index (κ1) is 23.2. The van der Waals surface area contributed by atoms with Gasteiger partial charge in [0.15, 0.2) is 11.5 Å². The lowest BCUT2D eigenvalue weighted by Gasteiger charge is -2.37. The summed E-state index contributed by atoms with van der Waals surface area (Å²) in [6, 6.07) is 8.29. The normalized spacial score (nSPS) is 20.9. The molecule has 35 heavy (non-hydrogen) atoms. The number of benzene rings is 1. The van der Waals surface area contributed by atoms with Gasteiger partial charge in [-0.25, -0.2) is 14.8 Å². The molecule has 3 aliphatic rings. The van der Waals surface area contributed by atoms with Gasteiger partial charge in [0, 0.05) is 70.8 Å². The minimum atomic E-state index is -0.633. The van der Waals surface area contributed by atoms with E-state index >= 15 is 0 Å². The Labute approximate surface area is 205 Å². The summed E-state index contributed by atoms with van der Waals surface area (Å²) < 4.78 is 0. The molecule has 11 heteroatoms. The largest absolute Gasteiger partial charge is 0.369 e. The summed E-state index contributed by atoms with van der Waals surface area (Å²) in [7, 11) is 1.84. The molecule has 3 saturated heterocycles. The predicted octanol–water partition coefficient (Wildman–Crippen LogP) is 1.06. The van der Waals surface area contributed by atoms with Crippen LogP contribution in [0.25, 0.3) is 0 Å². The average molecular weight is 480 g/mol. The Morgan fingerprint density at radius 2 is 1.86 bits per heavy atom. The Kier molecular flexibility index (Phi) is 6.58. The Morgan fingerprint density at radius 3 is 2.54 bits per heavy atom. The standard InChI is InChI=1S/C24H33N9O2/c1-30-13-14-33(24(30)35)19-3-2-10-32(16-19)20-15-27-21(22(25)34)23(29-20)28-17-4-6-18(7-5-17)31-11-8-26-9-12-31/h4-7,15,19,26H,2-3,8-14,16H2,1H3,(H2,25,34)(H,28,29)/t19-/m1/s1. The molecule has 0 radical (unpaired) electrons. The molecule has 3 fully saturated rings. The first-order valence-electron chi connectivity index (χ1n) is 12.3. The van der Waals surface area contributed by atoms with Crippen LogP contribution in [0, 0.1) is 0 Å². The van der Waals surface area contributed by atoms with E-state index in [0.29, 0.717) is 18.2 Å². The number of piperazine rings is 1. The Hall–Kier alpha value is -3.60. The second-order valence-corrected chi connectivity index (χ2v) is 9.34. The summed E-state index contributed by atoms with van der Waals surface area (Å²) >= 11 is 0. The van der Waals surface area contributed by atoms with E-state index in [1.54, 1.807) is 11.1 Å². The van der Waals surface area contributed by atoms with E-state index in [1.807, 2.05) is 24.1 Å². The molecule has 0 spiro atoms.